The molecule has 4 aliphatic rings. The van der Waals surface area contributed by atoms with Crippen LogP contribution in [0.1, 0.15) is 44.9 Å². The molecule has 0 aromatic heterocycles. The van der Waals surface area contributed by atoms with Gasteiger partial charge in [0.1, 0.15) is 5.41 Å². The molecule has 6 heteroatoms. The number of hydrogen-bond acceptors (Lipinski definition) is 4. The molecule has 2 saturated carbocycles. The van der Waals surface area contributed by atoms with E-state index in [-0.39, 0.29) is 24.0 Å². The van der Waals surface area contributed by atoms with E-state index in [0.717, 1.165) is 38.6 Å². The third-order valence-corrected chi connectivity index (χ3v) is 5.74. The Balaban J connectivity index is 1.42. The number of ether oxygens (including phenoxy) is 2. The van der Waals surface area contributed by atoms with Crippen molar-refractivity contribution >= 4 is 11.8 Å². The van der Waals surface area contributed by atoms with Crippen molar-refractivity contribution in [2.45, 2.75) is 57.3 Å². The van der Waals surface area contributed by atoms with E-state index >= 15 is 0 Å². The lowest BCUT2D eigenvalue weighted by molar-refractivity contribution is -0.161. The highest BCUT2D eigenvalue weighted by atomic mass is 16.7. The summed E-state index contributed by atoms with van der Waals surface area (Å²) in [6.07, 6.45) is 6.27. The molecule has 0 aromatic carbocycles. The van der Waals surface area contributed by atoms with Gasteiger partial charge in [-0.15, -0.1) is 0 Å². The van der Waals surface area contributed by atoms with Gasteiger partial charge < -0.3 is 19.7 Å². The maximum absolute atomic E-state index is 13.1. The molecule has 2 heterocycles. The number of likely N-dealkylation sites (tertiary alicyclic amines) is 1. The molecule has 6 nitrogen and oxygen atoms in total. The maximum atomic E-state index is 13.1. The summed E-state index contributed by atoms with van der Waals surface area (Å²) in [7, 11) is 0. The van der Waals surface area contributed by atoms with E-state index in [2.05, 4.69) is 5.32 Å². The molecule has 1 N–H and O–H groups in total. The third-order valence-electron chi connectivity index (χ3n) is 5.74. The van der Waals surface area contributed by atoms with E-state index < -0.39 is 5.41 Å². The Hall–Kier alpha value is -1.14. The number of amides is 2. The number of piperidine rings is 1. The zero-order valence-electron chi connectivity index (χ0n) is 13.6. The van der Waals surface area contributed by atoms with Gasteiger partial charge in [0.15, 0.2) is 6.29 Å². The molecule has 1 atom stereocenters. The Morgan fingerprint density at radius 3 is 2.39 bits per heavy atom. The smallest absolute Gasteiger partial charge is 0.238 e. The number of hydrogen-bond donors (Lipinski definition) is 1. The quantitative estimate of drug-likeness (QED) is 0.786. The highest BCUT2D eigenvalue weighted by Crippen LogP contribution is 2.44. The Morgan fingerprint density at radius 1 is 1.04 bits per heavy atom. The van der Waals surface area contributed by atoms with Gasteiger partial charge in [-0.2, -0.15) is 0 Å². The van der Waals surface area contributed by atoms with Gasteiger partial charge in [0.2, 0.25) is 11.8 Å². The van der Waals surface area contributed by atoms with Crippen LogP contribution in [0.2, 0.25) is 0 Å². The second kappa shape index (κ2) is 6.06. The van der Waals surface area contributed by atoms with Crippen molar-refractivity contribution < 1.29 is 19.1 Å². The normalized spacial score (nSPS) is 30.8. The van der Waals surface area contributed by atoms with Gasteiger partial charge in [0.05, 0.1) is 13.2 Å². The van der Waals surface area contributed by atoms with Gasteiger partial charge >= 0.3 is 0 Å². The van der Waals surface area contributed by atoms with Gasteiger partial charge in [-0.05, 0) is 38.5 Å². The number of nitrogens with one attached hydrogen (secondary N) is 1. The molecule has 2 amide bonds. The summed E-state index contributed by atoms with van der Waals surface area (Å²) >= 11 is 0. The van der Waals surface area contributed by atoms with Crippen molar-refractivity contribution in [1.29, 1.82) is 0 Å². The van der Waals surface area contributed by atoms with Crippen molar-refractivity contribution in [3.63, 3.8) is 0 Å². The van der Waals surface area contributed by atoms with Crippen molar-refractivity contribution in [1.82, 2.24) is 10.2 Å². The van der Waals surface area contributed by atoms with Crippen LogP contribution in [0.5, 0.6) is 0 Å². The lowest BCUT2D eigenvalue weighted by atomic mass is 9.66. The first kappa shape index (κ1) is 15.4. The lowest BCUT2D eigenvalue weighted by Gasteiger charge is -2.44. The number of carbonyl (C=O) groups is 2. The number of rotatable bonds is 4. The van der Waals surface area contributed by atoms with E-state index in [1.165, 1.54) is 0 Å². The van der Waals surface area contributed by atoms with E-state index in [9.17, 15) is 9.59 Å². The summed E-state index contributed by atoms with van der Waals surface area (Å²) < 4.78 is 11.2. The summed E-state index contributed by atoms with van der Waals surface area (Å²) in [5, 5.41) is 3.05. The largest absolute Gasteiger partial charge is 0.352 e. The predicted molar refractivity (Wildman–Crippen MR) is 82.4 cm³/mol. The molecule has 128 valence electrons. The second-order valence-electron chi connectivity index (χ2n) is 7.45. The van der Waals surface area contributed by atoms with Gasteiger partial charge in [-0.3, -0.25) is 9.59 Å². The van der Waals surface area contributed by atoms with E-state index in [0.29, 0.717) is 38.6 Å². The molecule has 4 fully saturated rings. The molecule has 4 rings (SSSR count). The molecule has 0 spiro atoms. The molecule has 0 bridgehead atoms. The standard InChI is InChI=1S/C17H26N2O4/c20-15(18-13-4-5-13)17(6-2-7-17)16(21)19-8-1-3-12(11-19)14-22-9-10-23-14/h12-14H,1-11H2,(H,18,20)/t12-/m0/s1. The fraction of sp³-hybridized carbons (Fsp3) is 0.882. The molecule has 23 heavy (non-hydrogen) atoms. The number of carbonyl (C=O) groups excluding carboxylic acids is 2. The van der Waals surface area contributed by atoms with Gasteiger partial charge in [0.25, 0.3) is 0 Å². The van der Waals surface area contributed by atoms with Crippen LogP contribution in [-0.2, 0) is 19.1 Å². The monoisotopic (exact) mass is 322 g/mol. The Labute approximate surface area is 136 Å². The highest BCUT2D eigenvalue weighted by molar-refractivity contribution is 6.06. The molecule has 0 unspecified atom stereocenters. The summed E-state index contributed by atoms with van der Waals surface area (Å²) in [5.41, 5.74) is -0.790. The zero-order chi connectivity index (χ0) is 15.9. The van der Waals surface area contributed by atoms with E-state index in [1.807, 2.05) is 4.90 Å². The van der Waals surface area contributed by atoms with Crippen molar-refractivity contribution in [3.8, 4) is 0 Å². The highest BCUT2D eigenvalue weighted by Gasteiger charge is 2.53. The third kappa shape index (κ3) is 2.87. The van der Waals surface area contributed by atoms with E-state index in [4.69, 9.17) is 9.47 Å². The topological polar surface area (TPSA) is 67.9 Å². The molecule has 2 aliphatic heterocycles. The SMILES string of the molecule is O=C(NC1CC1)C1(C(=O)N2CCC[C@H](C3OCCO3)C2)CCC1. The minimum atomic E-state index is -0.790. The fourth-order valence-electron chi connectivity index (χ4n) is 3.99. The minimum Gasteiger partial charge on any atom is -0.352 e. The first-order chi connectivity index (χ1) is 11.2. The Bertz CT molecular complexity index is 481. The lowest BCUT2D eigenvalue weighted by Crippen LogP contribution is -2.58. The number of nitrogens with zero attached hydrogens (tertiary/aromatic N) is 1. The van der Waals surface area contributed by atoms with Gasteiger partial charge in [0, 0.05) is 25.0 Å². The van der Waals surface area contributed by atoms with Gasteiger partial charge in [-0.1, -0.05) is 6.42 Å². The van der Waals surface area contributed by atoms with Crippen molar-refractivity contribution in [2.75, 3.05) is 26.3 Å². The average molecular weight is 322 g/mol. The van der Waals surface area contributed by atoms with Crippen LogP contribution in [0.25, 0.3) is 0 Å². The average Bonchev–Trinajstić information content (AvgIpc) is 3.16. The summed E-state index contributed by atoms with van der Waals surface area (Å²) in [6.45, 7) is 2.69. The fourth-order valence-corrected chi connectivity index (χ4v) is 3.99. The van der Waals surface area contributed by atoms with Crippen LogP contribution >= 0.6 is 0 Å². The maximum Gasteiger partial charge on any atom is 0.238 e. The molecule has 0 radical (unpaired) electrons. The molecule has 0 aromatic rings. The van der Waals surface area contributed by atoms with Crippen LogP contribution in [0.4, 0.5) is 0 Å². The Kier molecular flexibility index (Phi) is 4.05. The molecule has 2 saturated heterocycles. The van der Waals surface area contributed by atoms with Crippen LogP contribution in [0, 0.1) is 11.3 Å². The predicted octanol–water partition coefficient (Wildman–Crippen LogP) is 1.05. The van der Waals surface area contributed by atoms with E-state index in [1.54, 1.807) is 0 Å². The summed E-state index contributed by atoms with van der Waals surface area (Å²) in [6, 6.07) is 0.308. The van der Waals surface area contributed by atoms with Crippen LogP contribution < -0.4 is 5.32 Å². The second-order valence-corrected chi connectivity index (χ2v) is 7.45. The summed E-state index contributed by atoms with van der Waals surface area (Å²) in [5.74, 6) is 0.232. The van der Waals surface area contributed by atoms with Crippen LogP contribution in [0.15, 0.2) is 0 Å². The summed E-state index contributed by atoms with van der Waals surface area (Å²) in [4.78, 5) is 27.6. The molecular formula is C17H26N2O4. The molecular weight excluding hydrogens is 296 g/mol. The first-order valence-corrected chi connectivity index (χ1v) is 9.03. The van der Waals surface area contributed by atoms with Crippen molar-refractivity contribution in [2.24, 2.45) is 11.3 Å². The van der Waals surface area contributed by atoms with Crippen LogP contribution in [-0.4, -0.2) is 55.3 Å². The first-order valence-electron chi connectivity index (χ1n) is 9.03. The zero-order valence-corrected chi connectivity index (χ0v) is 13.6. The molecule has 2 aliphatic carbocycles. The van der Waals surface area contributed by atoms with Gasteiger partial charge in [-0.25, -0.2) is 0 Å². The van der Waals surface area contributed by atoms with Crippen molar-refractivity contribution in [3.05, 3.63) is 0 Å². The Morgan fingerprint density at radius 2 is 1.78 bits per heavy atom. The minimum absolute atomic E-state index is 0.0320. The van der Waals surface area contributed by atoms with Crippen LogP contribution in [0.3, 0.4) is 0 Å².